The second-order valence-corrected chi connectivity index (χ2v) is 4.28. The van der Waals surface area contributed by atoms with Gasteiger partial charge in [-0.3, -0.25) is 0 Å². The van der Waals surface area contributed by atoms with Crippen molar-refractivity contribution >= 4 is 12.4 Å². The molecule has 2 bridgehead atoms. The molecule has 0 amide bonds. The summed E-state index contributed by atoms with van der Waals surface area (Å²) in [5.41, 5.74) is 3.40. The van der Waals surface area contributed by atoms with Crippen LogP contribution in [0.2, 0.25) is 0 Å². The molecule has 2 heteroatoms. The number of hydrogen-bond donors (Lipinski definition) is 1. The highest BCUT2D eigenvalue weighted by atomic mass is 35.5. The Morgan fingerprint density at radius 2 is 1.85 bits per heavy atom. The quantitative estimate of drug-likeness (QED) is 0.644. The van der Waals surface area contributed by atoms with Gasteiger partial charge < -0.3 is 5.32 Å². The van der Waals surface area contributed by atoms with Crippen molar-refractivity contribution in [1.82, 2.24) is 5.32 Å². The van der Waals surface area contributed by atoms with E-state index in [4.69, 9.17) is 0 Å². The third-order valence-corrected chi connectivity index (χ3v) is 3.45. The van der Waals surface area contributed by atoms with E-state index in [1.165, 1.54) is 32.1 Å². The van der Waals surface area contributed by atoms with E-state index in [1.54, 1.807) is 11.1 Å². The highest BCUT2D eigenvalue weighted by molar-refractivity contribution is 5.85. The monoisotopic (exact) mass is 201 g/mol. The van der Waals surface area contributed by atoms with Crippen molar-refractivity contribution in [3.63, 3.8) is 0 Å². The van der Waals surface area contributed by atoms with Gasteiger partial charge in [0, 0.05) is 12.1 Å². The molecular formula is C11H20ClN. The van der Waals surface area contributed by atoms with Crippen LogP contribution in [-0.4, -0.2) is 12.1 Å². The number of halogens is 1. The van der Waals surface area contributed by atoms with Crippen LogP contribution in [0, 0.1) is 0 Å². The molecule has 2 saturated heterocycles. The minimum Gasteiger partial charge on any atom is -0.311 e. The van der Waals surface area contributed by atoms with Gasteiger partial charge in [-0.05, 0) is 39.0 Å². The summed E-state index contributed by atoms with van der Waals surface area (Å²) in [6.07, 6.45) is 6.72. The average molecular weight is 202 g/mol. The molecule has 13 heavy (non-hydrogen) atoms. The fraction of sp³-hybridized carbons (Fsp3) is 0.818. The van der Waals surface area contributed by atoms with Crippen molar-refractivity contribution in [3.8, 4) is 0 Å². The smallest absolute Gasteiger partial charge is 0.0108 e. The Hall–Kier alpha value is -0.0100. The zero-order chi connectivity index (χ0) is 8.55. The van der Waals surface area contributed by atoms with Crippen molar-refractivity contribution in [2.24, 2.45) is 0 Å². The molecule has 1 N–H and O–H groups in total. The van der Waals surface area contributed by atoms with Crippen LogP contribution >= 0.6 is 12.4 Å². The Kier molecular flexibility index (Phi) is 3.81. The van der Waals surface area contributed by atoms with Gasteiger partial charge in [0.25, 0.3) is 0 Å². The highest BCUT2D eigenvalue weighted by Gasteiger charge is 2.30. The van der Waals surface area contributed by atoms with E-state index in [-0.39, 0.29) is 12.4 Å². The van der Waals surface area contributed by atoms with Crippen molar-refractivity contribution in [3.05, 3.63) is 11.1 Å². The molecule has 0 radical (unpaired) electrons. The van der Waals surface area contributed by atoms with E-state index in [9.17, 15) is 0 Å². The molecule has 2 unspecified atom stereocenters. The molecule has 2 rings (SSSR count). The van der Waals surface area contributed by atoms with Crippen LogP contribution in [0.15, 0.2) is 11.1 Å². The first kappa shape index (κ1) is 11.1. The maximum absolute atomic E-state index is 3.67. The number of hydrogen-bond acceptors (Lipinski definition) is 1. The summed E-state index contributed by atoms with van der Waals surface area (Å²) in [6, 6.07) is 1.64. The van der Waals surface area contributed by atoms with Gasteiger partial charge in [-0.25, -0.2) is 0 Å². The molecule has 0 spiro atoms. The lowest BCUT2D eigenvalue weighted by Gasteiger charge is -2.25. The molecule has 0 aromatic rings. The Bertz CT molecular complexity index is 196. The van der Waals surface area contributed by atoms with E-state index >= 15 is 0 Å². The normalized spacial score (nSPS) is 31.4. The largest absolute Gasteiger partial charge is 0.311 e. The van der Waals surface area contributed by atoms with Crippen LogP contribution in [0.25, 0.3) is 0 Å². The molecule has 0 aromatic heterocycles. The molecule has 2 aliphatic heterocycles. The summed E-state index contributed by atoms with van der Waals surface area (Å²) in [5.74, 6) is 0. The fourth-order valence-electron chi connectivity index (χ4n) is 2.50. The first-order chi connectivity index (χ1) is 5.79. The van der Waals surface area contributed by atoms with Gasteiger partial charge in [-0.1, -0.05) is 18.1 Å². The summed E-state index contributed by atoms with van der Waals surface area (Å²) >= 11 is 0. The lowest BCUT2D eigenvalue weighted by atomic mass is 9.94. The van der Waals surface area contributed by atoms with Gasteiger partial charge in [0.2, 0.25) is 0 Å². The zero-order valence-corrected chi connectivity index (χ0v) is 9.41. The molecule has 1 nitrogen and oxygen atoms in total. The van der Waals surface area contributed by atoms with Crippen LogP contribution in [-0.2, 0) is 0 Å². The summed E-state index contributed by atoms with van der Waals surface area (Å²) in [6.45, 7) is 4.58. The maximum Gasteiger partial charge on any atom is 0.0108 e. The third kappa shape index (κ3) is 2.26. The summed E-state index contributed by atoms with van der Waals surface area (Å²) in [7, 11) is 0. The summed E-state index contributed by atoms with van der Waals surface area (Å²) < 4.78 is 0. The van der Waals surface area contributed by atoms with Crippen molar-refractivity contribution in [2.45, 2.75) is 58.0 Å². The molecule has 0 aliphatic carbocycles. The number of piperidine rings is 1. The van der Waals surface area contributed by atoms with Crippen LogP contribution < -0.4 is 5.32 Å². The van der Waals surface area contributed by atoms with Gasteiger partial charge >= 0.3 is 0 Å². The number of allylic oxidation sites excluding steroid dienone is 1. The highest BCUT2D eigenvalue weighted by Crippen LogP contribution is 2.32. The minimum absolute atomic E-state index is 0. The molecule has 0 saturated carbocycles. The van der Waals surface area contributed by atoms with E-state index < -0.39 is 0 Å². The van der Waals surface area contributed by atoms with E-state index in [1.807, 2.05) is 0 Å². The summed E-state index contributed by atoms with van der Waals surface area (Å²) in [4.78, 5) is 0. The van der Waals surface area contributed by atoms with E-state index in [2.05, 4.69) is 19.2 Å². The van der Waals surface area contributed by atoms with Gasteiger partial charge in [0.1, 0.15) is 0 Å². The lowest BCUT2D eigenvalue weighted by Crippen LogP contribution is -2.35. The third-order valence-electron chi connectivity index (χ3n) is 3.45. The summed E-state index contributed by atoms with van der Waals surface area (Å²) in [5, 5.41) is 3.67. The van der Waals surface area contributed by atoms with Crippen molar-refractivity contribution in [1.29, 1.82) is 0 Å². The molecule has 0 aromatic carbocycles. The number of nitrogens with one attached hydrogen (secondary N) is 1. The number of fused-ring (bicyclic) bond motifs is 2. The van der Waals surface area contributed by atoms with Gasteiger partial charge in [-0.15, -0.1) is 12.4 Å². The van der Waals surface area contributed by atoms with Crippen molar-refractivity contribution in [2.75, 3.05) is 0 Å². The molecule has 76 valence electrons. The lowest BCUT2D eigenvalue weighted by molar-refractivity contribution is 0.470. The first-order valence-electron chi connectivity index (χ1n) is 5.23. The second-order valence-electron chi connectivity index (χ2n) is 4.28. The molecule has 2 atom stereocenters. The fourth-order valence-corrected chi connectivity index (χ4v) is 2.50. The van der Waals surface area contributed by atoms with Crippen LogP contribution in [0.4, 0.5) is 0 Å². The van der Waals surface area contributed by atoms with Gasteiger partial charge in [0.05, 0.1) is 0 Å². The SMILES string of the molecule is CCC(C)=C1CC2CCC(C1)N2.Cl. The molecule has 2 fully saturated rings. The van der Waals surface area contributed by atoms with Gasteiger partial charge in [0.15, 0.2) is 0 Å². The molecule has 2 aliphatic rings. The Balaban J connectivity index is 0.000000845. The van der Waals surface area contributed by atoms with Crippen LogP contribution in [0.5, 0.6) is 0 Å². The predicted molar refractivity (Wildman–Crippen MR) is 59.4 cm³/mol. The van der Waals surface area contributed by atoms with Crippen LogP contribution in [0.3, 0.4) is 0 Å². The zero-order valence-electron chi connectivity index (χ0n) is 8.60. The Morgan fingerprint density at radius 1 is 1.31 bits per heavy atom. The maximum atomic E-state index is 3.67. The topological polar surface area (TPSA) is 12.0 Å². The molecule has 2 heterocycles. The standard InChI is InChI=1S/C11H19N.ClH/c1-3-8(2)9-6-10-4-5-11(7-9)12-10;/h10-12H,3-7H2,1-2H3;1H. The Labute approximate surface area is 87.4 Å². The second kappa shape index (κ2) is 4.47. The number of rotatable bonds is 1. The van der Waals surface area contributed by atoms with Crippen molar-refractivity contribution < 1.29 is 0 Å². The first-order valence-corrected chi connectivity index (χ1v) is 5.23. The van der Waals surface area contributed by atoms with E-state index in [0.717, 1.165) is 12.1 Å². The molecular weight excluding hydrogens is 182 g/mol. The Morgan fingerprint density at radius 3 is 2.31 bits per heavy atom. The van der Waals surface area contributed by atoms with Crippen LogP contribution in [0.1, 0.15) is 46.0 Å². The predicted octanol–water partition coefficient (Wildman–Crippen LogP) is 3.05. The van der Waals surface area contributed by atoms with Gasteiger partial charge in [-0.2, -0.15) is 0 Å². The van der Waals surface area contributed by atoms with E-state index in [0.29, 0.717) is 0 Å². The average Bonchev–Trinajstić information content (AvgIpc) is 2.44. The minimum atomic E-state index is 0.